The average Bonchev–Trinajstić information content (AvgIpc) is 3.21. The molecule has 0 aliphatic carbocycles. The van der Waals surface area contributed by atoms with Crippen molar-refractivity contribution in [2.24, 2.45) is 0 Å². The number of halogens is 1. The highest BCUT2D eigenvalue weighted by Gasteiger charge is 2.17. The van der Waals surface area contributed by atoms with Gasteiger partial charge in [0.2, 0.25) is 0 Å². The Labute approximate surface area is 175 Å². The fourth-order valence-electron chi connectivity index (χ4n) is 2.64. The number of hydrogen-bond acceptors (Lipinski definition) is 5. The fraction of sp³-hybridized carbons (Fsp3) is 0.222. The number of anilines is 1. The number of carbonyl (C=O) groups is 2. The minimum absolute atomic E-state index is 0.239. The fourth-order valence-corrected chi connectivity index (χ4v) is 4.13. The molecule has 10 heteroatoms. The van der Waals surface area contributed by atoms with Crippen LogP contribution in [0, 0.1) is 11.7 Å². The third-order valence-corrected chi connectivity index (χ3v) is 5.83. The van der Waals surface area contributed by atoms with E-state index in [2.05, 4.69) is 20.8 Å². The second kappa shape index (κ2) is 8.68. The molecule has 146 valence electrons. The van der Waals surface area contributed by atoms with Gasteiger partial charge in [0.15, 0.2) is 10.6 Å². The number of amides is 2. The maximum absolute atomic E-state index is 12.6. The van der Waals surface area contributed by atoms with Crippen molar-refractivity contribution in [3.05, 3.63) is 62.0 Å². The monoisotopic (exact) mass is 435 g/mol. The molecule has 0 radical (unpaired) electrons. The van der Waals surface area contributed by atoms with E-state index in [-0.39, 0.29) is 18.4 Å². The first kappa shape index (κ1) is 20.2. The maximum Gasteiger partial charge on any atom is 0.262 e. The number of nitrogens with zero attached hydrogens (tertiary/aromatic N) is 2. The molecular weight excluding hydrogens is 418 g/mol. The minimum atomic E-state index is -0.322. The van der Waals surface area contributed by atoms with E-state index < -0.39 is 0 Å². The Kier molecular flexibility index (Phi) is 6.28. The van der Waals surface area contributed by atoms with Crippen LogP contribution >= 0.6 is 35.2 Å². The summed E-state index contributed by atoms with van der Waals surface area (Å²) in [4.78, 5) is 25.5. The van der Waals surface area contributed by atoms with E-state index in [1.165, 1.54) is 11.3 Å². The molecule has 3 N–H and O–H groups in total. The summed E-state index contributed by atoms with van der Waals surface area (Å²) in [6, 6.07) is 8.56. The van der Waals surface area contributed by atoms with Crippen LogP contribution in [0.2, 0.25) is 5.02 Å². The van der Waals surface area contributed by atoms with E-state index in [0.29, 0.717) is 37.6 Å². The van der Waals surface area contributed by atoms with Crippen molar-refractivity contribution in [2.75, 3.05) is 5.32 Å². The topological polar surface area (TPSA) is 91.8 Å². The highest BCUT2D eigenvalue weighted by atomic mass is 35.5. The van der Waals surface area contributed by atoms with E-state index in [1.54, 1.807) is 30.3 Å². The molecule has 0 bridgehead atoms. The molecule has 0 saturated heterocycles. The molecule has 0 spiro atoms. The Morgan fingerprint density at radius 1 is 1.32 bits per heavy atom. The number of hydrogen-bond donors (Lipinski definition) is 3. The first-order chi connectivity index (χ1) is 13.4. The lowest BCUT2D eigenvalue weighted by Crippen LogP contribution is -2.24. The molecule has 0 fully saturated rings. The predicted octanol–water partition coefficient (Wildman–Crippen LogP) is 4.17. The van der Waals surface area contributed by atoms with E-state index >= 15 is 0 Å². The zero-order valence-corrected chi connectivity index (χ0v) is 17.6. The van der Waals surface area contributed by atoms with E-state index in [0.717, 1.165) is 5.56 Å². The standard InChI is InChI=1S/C18H18ClN5O2S2/c1-3-24-13(22-23-18(24)27)9-20-17(26)15-10(2)8-14(28-15)21-16(25)11-6-4-5-7-12(11)19/h4-8H,3,9H2,1-2H3,(H,20,26)(H,21,25)(H,23,27). The van der Waals surface area contributed by atoms with Crippen molar-refractivity contribution in [3.8, 4) is 0 Å². The number of aryl methyl sites for hydroxylation is 1. The van der Waals surface area contributed by atoms with Gasteiger partial charge < -0.3 is 15.2 Å². The predicted molar refractivity (Wildman–Crippen MR) is 113 cm³/mol. The lowest BCUT2D eigenvalue weighted by molar-refractivity contribution is 0.0952. The summed E-state index contributed by atoms with van der Waals surface area (Å²) < 4.78 is 2.33. The van der Waals surface area contributed by atoms with Gasteiger partial charge in [0.05, 0.1) is 27.0 Å². The van der Waals surface area contributed by atoms with Crippen LogP contribution < -0.4 is 10.6 Å². The van der Waals surface area contributed by atoms with Gasteiger partial charge in [-0.25, -0.2) is 0 Å². The van der Waals surface area contributed by atoms with Crippen molar-refractivity contribution in [2.45, 2.75) is 26.9 Å². The van der Waals surface area contributed by atoms with Crippen molar-refractivity contribution >= 4 is 52.0 Å². The van der Waals surface area contributed by atoms with Gasteiger partial charge in [-0.05, 0) is 49.8 Å². The summed E-state index contributed by atoms with van der Waals surface area (Å²) in [5, 5.41) is 13.4. The van der Waals surface area contributed by atoms with Gasteiger partial charge in [-0.3, -0.25) is 14.7 Å². The Hall–Kier alpha value is -2.49. The third-order valence-electron chi connectivity index (χ3n) is 4.04. The zero-order valence-electron chi connectivity index (χ0n) is 15.2. The second-order valence-electron chi connectivity index (χ2n) is 5.93. The molecule has 0 aliphatic rings. The van der Waals surface area contributed by atoms with Crippen LogP contribution in [0.15, 0.2) is 30.3 Å². The molecular formula is C18H18ClN5O2S2. The zero-order chi connectivity index (χ0) is 20.3. The molecule has 2 aromatic heterocycles. The number of nitrogens with one attached hydrogen (secondary N) is 3. The van der Waals surface area contributed by atoms with Gasteiger partial charge >= 0.3 is 0 Å². The van der Waals surface area contributed by atoms with Crippen LogP contribution in [0.1, 0.15) is 38.3 Å². The first-order valence-corrected chi connectivity index (χ1v) is 10.1. The molecule has 2 amide bonds. The van der Waals surface area contributed by atoms with Crippen molar-refractivity contribution in [1.29, 1.82) is 0 Å². The smallest absolute Gasteiger partial charge is 0.262 e. The third kappa shape index (κ3) is 4.32. The largest absolute Gasteiger partial charge is 0.344 e. The summed E-state index contributed by atoms with van der Waals surface area (Å²) in [7, 11) is 0. The SMILES string of the molecule is CCn1c(CNC(=O)c2sc(NC(=O)c3ccccc3Cl)cc2C)n[nH]c1=S. The summed E-state index contributed by atoms with van der Waals surface area (Å²) in [6.45, 7) is 4.68. The average molecular weight is 436 g/mol. The van der Waals surface area contributed by atoms with Crippen molar-refractivity contribution in [3.63, 3.8) is 0 Å². The summed E-state index contributed by atoms with van der Waals surface area (Å²) in [5.74, 6) is 0.0944. The molecule has 3 rings (SSSR count). The van der Waals surface area contributed by atoms with Crippen LogP contribution in [-0.4, -0.2) is 26.6 Å². The highest BCUT2D eigenvalue weighted by molar-refractivity contribution is 7.71. The number of thiophene rings is 1. The second-order valence-corrected chi connectivity index (χ2v) is 7.77. The molecule has 3 aromatic rings. The Morgan fingerprint density at radius 3 is 2.79 bits per heavy atom. The van der Waals surface area contributed by atoms with Crippen LogP contribution in [0.3, 0.4) is 0 Å². The van der Waals surface area contributed by atoms with Gasteiger partial charge in [-0.2, -0.15) is 5.10 Å². The van der Waals surface area contributed by atoms with Gasteiger partial charge in [-0.15, -0.1) is 11.3 Å². The maximum atomic E-state index is 12.6. The number of rotatable bonds is 6. The molecule has 0 atom stereocenters. The minimum Gasteiger partial charge on any atom is -0.344 e. The number of aromatic amines is 1. The first-order valence-electron chi connectivity index (χ1n) is 8.49. The van der Waals surface area contributed by atoms with Gasteiger partial charge in [-0.1, -0.05) is 23.7 Å². The molecule has 0 unspecified atom stereocenters. The Bertz CT molecular complexity index is 1090. The van der Waals surface area contributed by atoms with Crippen LogP contribution in [0.25, 0.3) is 0 Å². The molecule has 1 aromatic carbocycles. The Morgan fingerprint density at radius 2 is 2.07 bits per heavy atom. The molecule has 0 saturated carbocycles. The van der Waals surface area contributed by atoms with Crippen LogP contribution in [-0.2, 0) is 13.1 Å². The lowest BCUT2D eigenvalue weighted by Gasteiger charge is -2.06. The van der Waals surface area contributed by atoms with Crippen molar-refractivity contribution in [1.82, 2.24) is 20.1 Å². The molecule has 7 nitrogen and oxygen atoms in total. The summed E-state index contributed by atoms with van der Waals surface area (Å²) >= 11 is 12.4. The van der Waals surface area contributed by atoms with Gasteiger partial charge in [0, 0.05) is 6.54 Å². The van der Waals surface area contributed by atoms with Crippen LogP contribution in [0.4, 0.5) is 5.00 Å². The highest BCUT2D eigenvalue weighted by Crippen LogP contribution is 2.28. The quantitative estimate of drug-likeness (QED) is 0.507. The molecule has 28 heavy (non-hydrogen) atoms. The number of carbonyl (C=O) groups excluding carboxylic acids is 2. The summed E-state index contributed by atoms with van der Waals surface area (Å²) in [5.41, 5.74) is 1.15. The normalized spacial score (nSPS) is 10.7. The van der Waals surface area contributed by atoms with Crippen LogP contribution in [0.5, 0.6) is 0 Å². The van der Waals surface area contributed by atoms with Gasteiger partial charge in [0.1, 0.15) is 0 Å². The van der Waals surface area contributed by atoms with E-state index in [1.807, 2.05) is 18.4 Å². The van der Waals surface area contributed by atoms with Gasteiger partial charge in [0.25, 0.3) is 11.8 Å². The van der Waals surface area contributed by atoms with E-state index in [4.69, 9.17) is 23.8 Å². The Balaban J connectivity index is 1.69. The van der Waals surface area contributed by atoms with Crippen molar-refractivity contribution < 1.29 is 9.59 Å². The summed E-state index contributed by atoms with van der Waals surface area (Å²) in [6.07, 6.45) is 0. The van der Waals surface area contributed by atoms with E-state index in [9.17, 15) is 9.59 Å². The number of H-pyrrole nitrogens is 1. The number of aromatic nitrogens is 3. The molecule has 2 heterocycles. The lowest BCUT2D eigenvalue weighted by atomic mass is 10.2. The number of benzene rings is 1. The molecule has 0 aliphatic heterocycles.